The molecule has 2 aromatic rings. The molecule has 1 aromatic carbocycles. The van der Waals surface area contributed by atoms with Crippen LogP contribution in [0, 0.1) is 11.3 Å². The lowest BCUT2D eigenvalue weighted by Gasteiger charge is -2.00. The molecule has 0 aliphatic heterocycles. The number of hydrogen-bond donors (Lipinski definition) is 0. The molecule has 0 aliphatic carbocycles. The number of hydrogen-bond acceptors (Lipinski definition) is 4. The summed E-state index contributed by atoms with van der Waals surface area (Å²) in [4.78, 5) is 11.5. The average molecular weight is 302 g/mol. The van der Waals surface area contributed by atoms with Crippen molar-refractivity contribution in [1.29, 1.82) is 5.26 Å². The van der Waals surface area contributed by atoms with E-state index in [2.05, 4.69) is 0 Å². The zero-order valence-electron chi connectivity index (χ0n) is 11.3. The van der Waals surface area contributed by atoms with Crippen LogP contribution in [0.1, 0.15) is 12.7 Å². The molecule has 0 aliphatic rings. The number of esters is 1. The van der Waals surface area contributed by atoms with E-state index in [1.54, 1.807) is 31.2 Å². The predicted octanol–water partition coefficient (Wildman–Crippen LogP) is 4.07. The fraction of sp³-hybridized carbons (Fsp3) is 0.125. The van der Waals surface area contributed by atoms with E-state index in [1.807, 2.05) is 18.2 Å². The first-order chi connectivity index (χ1) is 10.2. The van der Waals surface area contributed by atoms with Crippen molar-refractivity contribution in [1.82, 2.24) is 0 Å². The lowest BCUT2D eigenvalue weighted by atomic mass is 10.2. The Bertz CT molecular complexity index is 725. The van der Waals surface area contributed by atoms with Gasteiger partial charge in [0.05, 0.1) is 11.6 Å². The highest BCUT2D eigenvalue weighted by atomic mass is 35.5. The lowest BCUT2D eigenvalue weighted by molar-refractivity contribution is -0.137. The molecule has 0 N–H and O–H groups in total. The number of rotatable bonds is 4. The average Bonchev–Trinajstić information content (AvgIpc) is 2.93. The molecular formula is C16H12ClNO3. The molecule has 1 heterocycles. The second-order valence-corrected chi connectivity index (χ2v) is 4.48. The quantitative estimate of drug-likeness (QED) is 0.485. The summed E-state index contributed by atoms with van der Waals surface area (Å²) in [6.45, 7) is 1.89. The molecule has 0 spiro atoms. The molecule has 0 saturated carbocycles. The molecule has 4 nitrogen and oxygen atoms in total. The van der Waals surface area contributed by atoms with Gasteiger partial charge in [0.15, 0.2) is 0 Å². The van der Waals surface area contributed by atoms with Gasteiger partial charge in [0.1, 0.15) is 23.2 Å². The number of nitrogens with zero attached hydrogens (tertiary/aromatic N) is 1. The second-order valence-electron chi connectivity index (χ2n) is 4.07. The van der Waals surface area contributed by atoms with Crippen molar-refractivity contribution in [3.05, 3.63) is 52.8 Å². The normalized spacial score (nSPS) is 11.0. The number of nitriles is 1. The first-order valence-electron chi connectivity index (χ1n) is 6.29. The standard InChI is InChI=1S/C16H12ClNO3/c1-2-20-16(19)11(10-18)9-12-7-8-15(21-12)13-5-3-4-6-14(13)17/h3-9H,2H2,1H3/b11-9+. The van der Waals surface area contributed by atoms with Gasteiger partial charge in [0.25, 0.3) is 0 Å². The number of halogens is 1. The zero-order valence-corrected chi connectivity index (χ0v) is 12.1. The van der Waals surface area contributed by atoms with Gasteiger partial charge in [-0.25, -0.2) is 4.79 Å². The third kappa shape index (κ3) is 3.53. The Labute approximate surface area is 127 Å². The summed E-state index contributed by atoms with van der Waals surface area (Å²) in [6.07, 6.45) is 1.35. The van der Waals surface area contributed by atoms with Crippen LogP contribution >= 0.6 is 11.6 Å². The smallest absolute Gasteiger partial charge is 0.349 e. The Hall–Kier alpha value is -2.51. The molecule has 0 fully saturated rings. The fourth-order valence-corrected chi connectivity index (χ4v) is 1.95. The van der Waals surface area contributed by atoms with E-state index in [4.69, 9.17) is 26.0 Å². The van der Waals surface area contributed by atoms with E-state index >= 15 is 0 Å². The molecule has 106 valence electrons. The molecule has 21 heavy (non-hydrogen) atoms. The van der Waals surface area contributed by atoms with Crippen LogP contribution in [0.15, 0.2) is 46.4 Å². The zero-order chi connectivity index (χ0) is 15.2. The molecule has 1 aromatic heterocycles. The largest absolute Gasteiger partial charge is 0.462 e. The van der Waals surface area contributed by atoms with Gasteiger partial charge < -0.3 is 9.15 Å². The molecule has 0 saturated heterocycles. The van der Waals surface area contributed by atoms with Gasteiger partial charge in [-0.3, -0.25) is 0 Å². The minimum atomic E-state index is -0.671. The van der Waals surface area contributed by atoms with Crippen molar-refractivity contribution in [3.63, 3.8) is 0 Å². The van der Waals surface area contributed by atoms with Crippen LogP contribution in [0.2, 0.25) is 5.02 Å². The molecule has 0 radical (unpaired) electrons. The number of carbonyl (C=O) groups excluding carboxylic acids is 1. The number of carbonyl (C=O) groups is 1. The summed E-state index contributed by atoms with van der Waals surface area (Å²) >= 11 is 6.09. The van der Waals surface area contributed by atoms with Crippen molar-refractivity contribution >= 4 is 23.6 Å². The Kier molecular flexibility index (Phi) is 4.81. The van der Waals surface area contributed by atoms with E-state index in [-0.39, 0.29) is 12.2 Å². The van der Waals surface area contributed by atoms with E-state index in [9.17, 15) is 4.79 Å². The van der Waals surface area contributed by atoms with Crippen LogP contribution in [-0.2, 0) is 9.53 Å². The first-order valence-corrected chi connectivity index (χ1v) is 6.67. The van der Waals surface area contributed by atoms with Gasteiger partial charge in [0, 0.05) is 11.6 Å². The SMILES string of the molecule is CCOC(=O)/C(C#N)=C/c1ccc(-c2ccccc2Cl)o1. The maximum absolute atomic E-state index is 11.5. The third-order valence-corrected chi connectivity index (χ3v) is 3.00. The van der Waals surface area contributed by atoms with Crippen LogP contribution in [0.4, 0.5) is 0 Å². The lowest BCUT2D eigenvalue weighted by Crippen LogP contribution is -2.05. The minimum absolute atomic E-state index is 0.114. The number of benzene rings is 1. The summed E-state index contributed by atoms with van der Waals surface area (Å²) in [5.41, 5.74) is 0.630. The summed E-state index contributed by atoms with van der Waals surface area (Å²) in [6, 6.07) is 12.4. The van der Waals surface area contributed by atoms with Crippen LogP contribution < -0.4 is 0 Å². The predicted molar refractivity (Wildman–Crippen MR) is 79.4 cm³/mol. The molecule has 0 amide bonds. The monoisotopic (exact) mass is 301 g/mol. The molecule has 0 unspecified atom stereocenters. The summed E-state index contributed by atoms with van der Waals surface area (Å²) in [7, 11) is 0. The number of furan rings is 1. The van der Waals surface area contributed by atoms with Crippen molar-refractivity contribution < 1.29 is 13.9 Å². The van der Waals surface area contributed by atoms with E-state index in [0.717, 1.165) is 5.56 Å². The van der Waals surface area contributed by atoms with Gasteiger partial charge in [-0.15, -0.1) is 0 Å². The maximum Gasteiger partial charge on any atom is 0.349 e. The Balaban J connectivity index is 2.30. The maximum atomic E-state index is 11.5. The third-order valence-electron chi connectivity index (χ3n) is 2.67. The van der Waals surface area contributed by atoms with Gasteiger partial charge >= 0.3 is 5.97 Å². The molecule has 0 atom stereocenters. The van der Waals surface area contributed by atoms with Crippen molar-refractivity contribution in [2.45, 2.75) is 6.92 Å². The van der Waals surface area contributed by atoms with Crippen molar-refractivity contribution in [2.75, 3.05) is 6.61 Å². The van der Waals surface area contributed by atoms with Gasteiger partial charge in [-0.2, -0.15) is 5.26 Å². The molecular weight excluding hydrogens is 290 g/mol. The summed E-state index contributed by atoms with van der Waals surface area (Å²) in [5.74, 6) is 0.276. The van der Waals surface area contributed by atoms with Crippen LogP contribution in [0.5, 0.6) is 0 Å². The van der Waals surface area contributed by atoms with E-state index < -0.39 is 5.97 Å². The molecule has 2 rings (SSSR count). The highest BCUT2D eigenvalue weighted by Gasteiger charge is 2.12. The fourth-order valence-electron chi connectivity index (χ4n) is 1.72. The van der Waals surface area contributed by atoms with Gasteiger partial charge in [0.2, 0.25) is 0 Å². The summed E-state index contributed by atoms with van der Waals surface area (Å²) in [5, 5.41) is 9.53. The summed E-state index contributed by atoms with van der Waals surface area (Å²) < 4.78 is 10.4. The Morgan fingerprint density at radius 1 is 1.38 bits per heavy atom. The Morgan fingerprint density at radius 3 is 2.81 bits per heavy atom. The van der Waals surface area contributed by atoms with Gasteiger partial charge in [-0.05, 0) is 31.2 Å². The topological polar surface area (TPSA) is 63.2 Å². The van der Waals surface area contributed by atoms with E-state index in [0.29, 0.717) is 16.5 Å². The highest BCUT2D eigenvalue weighted by Crippen LogP contribution is 2.29. The molecule has 5 heteroatoms. The highest BCUT2D eigenvalue weighted by molar-refractivity contribution is 6.33. The Morgan fingerprint density at radius 2 is 2.14 bits per heavy atom. The first kappa shape index (κ1) is 14.9. The molecule has 0 bridgehead atoms. The van der Waals surface area contributed by atoms with Gasteiger partial charge in [-0.1, -0.05) is 23.7 Å². The van der Waals surface area contributed by atoms with Crippen LogP contribution in [0.25, 0.3) is 17.4 Å². The van der Waals surface area contributed by atoms with Crippen molar-refractivity contribution in [3.8, 4) is 17.4 Å². The minimum Gasteiger partial charge on any atom is -0.462 e. The van der Waals surface area contributed by atoms with E-state index in [1.165, 1.54) is 6.08 Å². The van der Waals surface area contributed by atoms with Crippen LogP contribution in [0.3, 0.4) is 0 Å². The second kappa shape index (κ2) is 6.78. The van der Waals surface area contributed by atoms with Crippen molar-refractivity contribution in [2.24, 2.45) is 0 Å². The number of ether oxygens (including phenoxy) is 1. The van der Waals surface area contributed by atoms with Crippen LogP contribution in [-0.4, -0.2) is 12.6 Å².